The van der Waals surface area contributed by atoms with E-state index < -0.39 is 0 Å². The van der Waals surface area contributed by atoms with E-state index in [1.165, 1.54) is 12.1 Å². The molecule has 2 aromatic carbocycles. The molecule has 0 aromatic heterocycles. The van der Waals surface area contributed by atoms with Crippen LogP contribution in [0.5, 0.6) is 11.5 Å². The Morgan fingerprint density at radius 1 is 0.967 bits per heavy atom. The summed E-state index contributed by atoms with van der Waals surface area (Å²) in [5.74, 6) is 1.12. The summed E-state index contributed by atoms with van der Waals surface area (Å²) in [5, 5.41) is 3.49. The molecular weight excluding hydrogens is 494 g/mol. The van der Waals surface area contributed by atoms with Gasteiger partial charge in [-0.2, -0.15) is 0 Å². The van der Waals surface area contributed by atoms with Crippen molar-refractivity contribution < 1.29 is 13.9 Å². The summed E-state index contributed by atoms with van der Waals surface area (Å²) in [5.41, 5.74) is 2.03. The summed E-state index contributed by atoms with van der Waals surface area (Å²) >= 11 is 3.61. The molecule has 0 saturated carbocycles. The molecule has 0 aliphatic heterocycles. The van der Waals surface area contributed by atoms with Gasteiger partial charge in [-0.3, -0.25) is 0 Å². The molecule has 30 heavy (non-hydrogen) atoms. The van der Waals surface area contributed by atoms with E-state index in [1.807, 2.05) is 19.1 Å². The summed E-state index contributed by atoms with van der Waals surface area (Å²) in [4.78, 5) is 2.39. The molecule has 0 atom stereocenters. The molecule has 0 amide bonds. The molecule has 2 rings (SSSR count). The van der Waals surface area contributed by atoms with Gasteiger partial charge >= 0.3 is 0 Å². The highest BCUT2D eigenvalue weighted by Crippen LogP contribution is 2.37. The zero-order valence-corrected chi connectivity index (χ0v) is 21.0. The number of nitrogens with zero attached hydrogens (tertiary/aromatic N) is 1. The molecule has 0 radical (unpaired) electrons. The molecule has 0 bridgehead atoms. The van der Waals surface area contributed by atoms with Gasteiger partial charge in [0.25, 0.3) is 0 Å². The number of hydrogen-bond donors (Lipinski definition) is 1. The molecule has 4 nitrogen and oxygen atoms in total. The van der Waals surface area contributed by atoms with Crippen LogP contribution in [0.3, 0.4) is 0 Å². The zero-order valence-electron chi connectivity index (χ0n) is 17.7. The SMILES string of the molecule is CCOc1cc(CNCCN(CC)CC)cc(Br)c1OCc1ccc(F)cc1.Cl.Cl. The van der Waals surface area contributed by atoms with E-state index in [0.717, 1.165) is 48.3 Å². The van der Waals surface area contributed by atoms with Crippen LogP contribution in [-0.4, -0.2) is 37.7 Å². The predicted octanol–water partition coefficient (Wildman–Crippen LogP) is 5.84. The standard InChI is InChI=1S/C22H30BrFN2O2.2ClH/c1-4-26(5-2)12-11-25-15-18-13-20(23)22(21(14-18)27-6-3)28-16-17-7-9-19(24)10-8-17;;/h7-10,13-14,25H,4-6,11-12,15-16H2,1-3H3;2*1H. The number of rotatable bonds is 12. The zero-order chi connectivity index (χ0) is 20.4. The lowest BCUT2D eigenvalue weighted by molar-refractivity contribution is 0.267. The minimum Gasteiger partial charge on any atom is -0.490 e. The summed E-state index contributed by atoms with van der Waals surface area (Å²) in [6.07, 6.45) is 0. The monoisotopic (exact) mass is 524 g/mol. The second-order valence-electron chi connectivity index (χ2n) is 6.46. The van der Waals surface area contributed by atoms with Gasteiger partial charge in [-0.05, 0) is 71.3 Å². The first-order valence-electron chi connectivity index (χ1n) is 9.82. The van der Waals surface area contributed by atoms with Crippen LogP contribution >= 0.6 is 40.7 Å². The van der Waals surface area contributed by atoms with Crippen molar-refractivity contribution in [1.82, 2.24) is 10.2 Å². The minimum absolute atomic E-state index is 0. The Hall–Kier alpha value is -1.05. The van der Waals surface area contributed by atoms with Crippen molar-refractivity contribution in [3.63, 3.8) is 0 Å². The number of likely N-dealkylation sites (N-methyl/N-ethyl adjacent to an activating group) is 1. The molecule has 1 N–H and O–H groups in total. The molecule has 0 unspecified atom stereocenters. The fourth-order valence-corrected chi connectivity index (χ4v) is 3.48. The number of benzene rings is 2. The van der Waals surface area contributed by atoms with E-state index >= 15 is 0 Å². The highest BCUT2D eigenvalue weighted by molar-refractivity contribution is 9.10. The summed E-state index contributed by atoms with van der Waals surface area (Å²) in [6.45, 7) is 12.1. The van der Waals surface area contributed by atoms with E-state index in [-0.39, 0.29) is 30.6 Å². The van der Waals surface area contributed by atoms with Crippen LogP contribution in [0.4, 0.5) is 4.39 Å². The van der Waals surface area contributed by atoms with Gasteiger partial charge in [0.15, 0.2) is 11.5 Å². The second kappa shape index (κ2) is 15.7. The van der Waals surface area contributed by atoms with Crippen molar-refractivity contribution in [2.45, 2.75) is 33.9 Å². The molecule has 0 heterocycles. The summed E-state index contributed by atoms with van der Waals surface area (Å²) in [7, 11) is 0. The smallest absolute Gasteiger partial charge is 0.175 e. The van der Waals surface area contributed by atoms with Gasteiger partial charge in [-0.25, -0.2) is 4.39 Å². The van der Waals surface area contributed by atoms with E-state index in [2.05, 4.69) is 40.0 Å². The van der Waals surface area contributed by atoms with E-state index in [4.69, 9.17) is 9.47 Å². The second-order valence-corrected chi connectivity index (χ2v) is 7.31. The highest BCUT2D eigenvalue weighted by Gasteiger charge is 2.13. The van der Waals surface area contributed by atoms with Crippen LogP contribution < -0.4 is 14.8 Å². The van der Waals surface area contributed by atoms with Crippen LogP contribution in [-0.2, 0) is 13.2 Å². The van der Waals surface area contributed by atoms with Gasteiger partial charge in [-0.1, -0.05) is 26.0 Å². The van der Waals surface area contributed by atoms with Crippen molar-refractivity contribution in [3.05, 3.63) is 57.8 Å². The largest absolute Gasteiger partial charge is 0.490 e. The third kappa shape index (κ3) is 9.40. The lowest BCUT2D eigenvalue weighted by Gasteiger charge is -2.18. The van der Waals surface area contributed by atoms with Gasteiger partial charge in [-0.15, -0.1) is 24.8 Å². The van der Waals surface area contributed by atoms with Crippen LogP contribution in [0.25, 0.3) is 0 Å². The Morgan fingerprint density at radius 2 is 1.63 bits per heavy atom. The average molecular weight is 526 g/mol. The third-order valence-electron chi connectivity index (χ3n) is 4.49. The number of hydrogen-bond acceptors (Lipinski definition) is 4. The quantitative estimate of drug-likeness (QED) is 0.353. The molecule has 2 aromatic rings. The molecule has 170 valence electrons. The van der Waals surface area contributed by atoms with Gasteiger partial charge < -0.3 is 19.7 Å². The summed E-state index contributed by atoms with van der Waals surface area (Å²) in [6, 6.07) is 10.4. The van der Waals surface area contributed by atoms with E-state index in [9.17, 15) is 4.39 Å². The molecule has 0 aliphatic carbocycles. The van der Waals surface area contributed by atoms with Gasteiger partial charge in [0, 0.05) is 19.6 Å². The minimum atomic E-state index is -0.252. The Balaban J connectivity index is 0.00000420. The van der Waals surface area contributed by atoms with Crippen molar-refractivity contribution in [3.8, 4) is 11.5 Å². The first kappa shape index (κ1) is 28.9. The van der Waals surface area contributed by atoms with Gasteiger partial charge in [0.05, 0.1) is 11.1 Å². The maximum Gasteiger partial charge on any atom is 0.175 e. The predicted molar refractivity (Wildman–Crippen MR) is 130 cm³/mol. The van der Waals surface area contributed by atoms with Crippen molar-refractivity contribution in [2.75, 3.05) is 32.8 Å². The van der Waals surface area contributed by atoms with Crippen LogP contribution in [0.15, 0.2) is 40.9 Å². The lowest BCUT2D eigenvalue weighted by atomic mass is 10.2. The Kier molecular flexibility index (Phi) is 15.2. The van der Waals surface area contributed by atoms with Crippen LogP contribution in [0.1, 0.15) is 31.9 Å². The number of ether oxygens (including phenoxy) is 2. The highest BCUT2D eigenvalue weighted by atomic mass is 79.9. The van der Waals surface area contributed by atoms with Crippen molar-refractivity contribution in [1.29, 1.82) is 0 Å². The molecule has 0 saturated heterocycles. The maximum absolute atomic E-state index is 13.1. The average Bonchev–Trinajstić information content (AvgIpc) is 2.69. The molecule has 8 heteroatoms. The lowest BCUT2D eigenvalue weighted by Crippen LogP contribution is -2.31. The first-order chi connectivity index (χ1) is 13.6. The molecular formula is C22H32BrCl2FN2O2. The van der Waals surface area contributed by atoms with Gasteiger partial charge in [0.1, 0.15) is 12.4 Å². The van der Waals surface area contributed by atoms with E-state index in [1.54, 1.807) is 12.1 Å². The van der Waals surface area contributed by atoms with E-state index in [0.29, 0.717) is 24.7 Å². The van der Waals surface area contributed by atoms with Gasteiger partial charge in [0.2, 0.25) is 0 Å². The van der Waals surface area contributed by atoms with Crippen molar-refractivity contribution in [2.24, 2.45) is 0 Å². The molecule has 0 fully saturated rings. The number of nitrogens with one attached hydrogen (secondary N) is 1. The van der Waals surface area contributed by atoms with Crippen LogP contribution in [0.2, 0.25) is 0 Å². The molecule has 0 spiro atoms. The fraction of sp³-hybridized carbons (Fsp3) is 0.455. The topological polar surface area (TPSA) is 33.7 Å². The number of halogens is 4. The first-order valence-corrected chi connectivity index (χ1v) is 10.6. The Bertz CT molecular complexity index is 732. The normalized spacial score (nSPS) is 10.3. The third-order valence-corrected chi connectivity index (χ3v) is 5.08. The summed E-state index contributed by atoms with van der Waals surface area (Å²) < 4.78 is 25.7. The maximum atomic E-state index is 13.1. The van der Waals surface area contributed by atoms with Crippen molar-refractivity contribution >= 4 is 40.7 Å². The molecule has 0 aliphatic rings. The fourth-order valence-electron chi connectivity index (χ4n) is 2.87. The van der Waals surface area contributed by atoms with Crippen LogP contribution in [0, 0.1) is 5.82 Å². The Morgan fingerprint density at radius 3 is 2.23 bits per heavy atom. The Labute approximate surface area is 200 Å².